The maximum Gasteiger partial charge on any atom is 0.251 e. The van der Waals surface area contributed by atoms with E-state index in [4.69, 9.17) is 4.74 Å². The Balaban J connectivity index is 1.78. The van der Waals surface area contributed by atoms with Crippen LogP contribution in [0.25, 0.3) is 0 Å². The van der Waals surface area contributed by atoms with E-state index >= 15 is 0 Å². The SMILES string of the molecule is Cc1cccc(C(=O)N[C@@H](Cc2ccccc2)C(=O)N2CCCOCCNC(=O)CC2)c1. The minimum absolute atomic E-state index is 0.114. The van der Waals surface area contributed by atoms with Gasteiger partial charge in [-0.2, -0.15) is 0 Å². The van der Waals surface area contributed by atoms with Crippen molar-refractivity contribution in [3.63, 3.8) is 0 Å². The van der Waals surface area contributed by atoms with Gasteiger partial charge in [-0.25, -0.2) is 0 Å². The van der Waals surface area contributed by atoms with Crippen LogP contribution in [0.3, 0.4) is 0 Å². The first-order valence-corrected chi connectivity index (χ1v) is 11.1. The molecule has 7 heteroatoms. The molecule has 2 N–H and O–H groups in total. The Hall–Kier alpha value is -3.19. The van der Waals surface area contributed by atoms with Crippen molar-refractivity contribution in [2.24, 2.45) is 0 Å². The molecule has 3 amide bonds. The third kappa shape index (κ3) is 7.20. The van der Waals surface area contributed by atoms with E-state index in [0.717, 1.165) is 11.1 Å². The number of nitrogens with one attached hydrogen (secondary N) is 2. The highest BCUT2D eigenvalue weighted by atomic mass is 16.5. The van der Waals surface area contributed by atoms with Crippen LogP contribution in [-0.4, -0.2) is 61.5 Å². The van der Waals surface area contributed by atoms with Crippen LogP contribution in [-0.2, 0) is 20.7 Å². The zero-order chi connectivity index (χ0) is 22.8. The molecule has 32 heavy (non-hydrogen) atoms. The largest absolute Gasteiger partial charge is 0.380 e. The number of hydrogen-bond acceptors (Lipinski definition) is 4. The topological polar surface area (TPSA) is 87.7 Å². The maximum atomic E-state index is 13.5. The van der Waals surface area contributed by atoms with E-state index in [1.165, 1.54) is 0 Å². The van der Waals surface area contributed by atoms with E-state index in [0.29, 0.717) is 51.3 Å². The lowest BCUT2D eigenvalue weighted by Gasteiger charge is -2.28. The molecule has 0 saturated carbocycles. The summed E-state index contributed by atoms with van der Waals surface area (Å²) in [6.45, 7) is 4.14. The first-order chi connectivity index (χ1) is 15.5. The average Bonchev–Trinajstić information content (AvgIpc) is 2.84. The number of carbonyl (C=O) groups excluding carboxylic acids is 3. The molecule has 1 saturated heterocycles. The molecule has 1 atom stereocenters. The third-order valence-corrected chi connectivity index (χ3v) is 5.37. The van der Waals surface area contributed by atoms with Crippen LogP contribution in [0.2, 0.25) is 0 Å². The van der Waals surface area contributed by atoms with Gasteiger partial charge in [0.15, 0.2) is 0 Å². The molecule has 1 fully saturated rings. The van der Waals surface area contributed by atoms with E-state index < -0.39 is 6.04 Å². The van der Waals surface area contributed by atoms with Crippen LogP contribution in [0, 0.1) is 6.92 Å². The molecule has 2 aromatic carbocycles. The van der Waals surface area contributed by atoms with Gasteiger partial charge in [0.2, 0.25) is 11.8 Å². The van der Waals surface area contributed by atoms with Crippen molar-refractivity contribution in [3.05, 3.63) is 71.3 Å². The predicted octanol–water partition coefficient (Wildman–Crippen LogP) is 2.09. The van der Waals surface area contributed by atoms with Crippen LogP contribution in [0.5, 0.6) is 0 Å². The van der Waals surface area contributed by atoms with Crippen molar-refractivity contribution >= 4 is 17.7 Å². The number of amides is 3. The Bertz CT molecular complexity index is 916. The fourth-order valence-corrected chi connectivity index (χ4v) is 3.68. The minimum Gasteiger partial charge on any atom is -0.380 e. The summed E-state index contributed by atoms with van der Waals surface area (Å²) in [6.07, 6.45) is 1.26. The molecule has 170 valence electrons. The zero-order valence-electron chi connectivity index (χ0n) is 18.5. The van der Waals surface area contributed by atoms with Crippen molar-refractivity contribution in [2.45, 2.75) is 32.2 Å². The number of nitrogens with zero attached hydrogens (tertiary/aromatic N) is 1. The van der Waals surface area contributed by atoms with Crippen molar-refractivity contribution in [3.8, 4) is 0 Å². The Labute approximate surface area is 189 Å². The summed E-state index contributed by atoms with van der Waals surface area (Å²) >= 11 is 0. The van der Waals surface area contributed by atoms with Gasteiger partial charge >= 0.3 is 0 Å². The number of aryl methyl sites for hydroxylation is 1. The summed E-state index contributed by atoms with van der Waals surface area (Å²) in [7, 11) is 0. The molecule has 0 unspecified atom stereocenters. The lowest BCUT2D eigenvalue weighted by atomic mass is 10.0. The van der Waals surface area contributed by atoms with Gasteiger partial charge in [-0.15, -0.1) is 0 Å². The van der Waals surface area contributed by atoms with E-state index in [1.54, 1.807) is 17.0 Å². The van der Waals surface area contributed by atoms with Gasteiger partial charge in [0.05, 0.1) is 6.61 Å². The van der Waals surface area contributed by atoms with Crippen LogP contribution < -0.4 is 10.6 Å². The van der Waals surface area contributed by atoms with Crippen molar-refractivity contribution in [2.75, 3.05) is 32.8 Å². The Kier molecular flexibility index (Phi) is 8.80. The Morgan fingerprint density at radius 2 is 1.91 bits per heavy atom. The summed E-state index contributed by atoms with van der Waals surface area (Å²) in [6, 6.07) is 16.2. The summed E-state index contributed by atoms with van der Waals surface area (Å²) in [5, 5.41) is 5.73. The van der Waals surface area contributed by atoms with Crippen LogP contribution in [0.15, 0.2) is 54.6 Å². The van der Waals surface area contributed by atoms with Gasteiger partial charge in [-0.05, 0) is 31.0 Å². The molecule has 1 aliphatic heterocycles. The van der Waals surface area contributed by atoms with Crippen LogP contribution in [0.4, 0.5) is 0 Å². The third-order valence-electron chi connectivity index (χ3n) is 5.37. The van der Waals surface area contributed by atoms with Crippen molar-refractivity contribution in [1.82, 2.24) is 15.5 Å². The highest BCUT2D eigenvalue weighted by Crippen LogP contribution is 2.10. The smallest absolute Gasteiger partial charge is 0.251 e. The van der Waals surface area contributed by atoms with Gasteiger partial charge in [0, 0.05) is 44.6 Å². The van der Waals surface area contributed by atoms with Gasteiger partial charge in [-0.3, -0.25) is 14.4 Å². The highest BCUT2D eigenvalue weighted by molar-refractivity contribution is 5.97. The summed E-state index contributed by atoms with van der Waals surface area (Å²) in [5.41, 5.74) is 2.44. The summed E-state index contributed by atoms with van der Waals surface area (Å²) in [5.74, 6) is -0.597. The summed E-state index contributed by atoms with van der Waals surface area (Å²) in [4.78, 5) is 40.2. The molecular weight excluding hydrogens is 406 g/mol. The molecule has 0 radical (unpaired) electrons. The molecule has 7 nitrogen and oxygen atoms in total. The fraction of sp³-hybridized carbons (Fsp3) is 0.400. The number of rotatable bonds is 5. The molecule has 0 spiro atoms. The molecule has 2 aromatic rings. The zero-order valence-corrected chi connectivity index (χ0v) is 18.5. The number of ether oxygens (including phenoxy) is 1. The lowest BCUT2D eigenvalue weighted by Crippen LogP contribution is -2.50. The second kappa shape index (κ2) is 12.0. The van der Waals surface area contributed by atoms with E-state index in [9.17, 15) is 14.4 Å². The first kappa shape index (κ1) is 23.5. The lowest BCUT2D eigenvalue weighted by molar-refractivity contribution is -0.134. The second-order valence-electron chi connectivity index (χ2n) is 7.98. The number of hydrogen-bond donors (Lipinski definition) is 2. The average molecular weight is 438 g/mol. The Morgan fingerprint density at radius 3 is 2.69 bits per heavy atom. The normalized spacial score (nSPS) is 16.4. The fourth-order valence-electron chi connectivity index (χ4n) is 3.68. The van der Waals surface area contributed by atoms with Crippen molar-refractivity contribution < 1.29 is 19.1 Å². The number of carbonyl (C=O) groups is 3. The monoisotopic (exact) mass is 437 g/mol. The maximum absolute atomic E-state index is 13.5. The van der Waals surface area contributed by atoms with Crippen LogP contribution >= 0.6 is 0 Å². The van der Waals surface area contributed by atoms with Crippen molar-refractivity contribution in [1.29, 1.82) is 0 Å². The molecule has 1 aliphatic rings. The van der Waals surface area contributed by atoms with Crippen LogP contribution in [0.1, 0.15) is 34.3 Å². The van der Waals surface area contributed by atoms with Gasteiger partial charge < -0.3 is 20.3 Å². The standard InChI is InChI=1S/C25H31N3O4/c1-19-7-5-10-21(17-19)24(30)27-22(18-20-8-3-2-4-9-20)25(31)28-13-6-15-32-16-12-26-23(29)11-14-28/h2-5,7-10,17,22H,6,11-16,18H2,1H3,(H,26,29)(H,27,30)/t22-/m0/s1. The molecule has 1 heterocycles. The predicted molar refractivity (Wildman–Crippen MR) is 122 cm³/mol. The molecular formula is C25H31N3O4. The number of benzene rings is 2. The summed E-state index contributed by atoms with van der Waals surface area (Å²) < 4.78 is 5.51. The Morgan fingerprint density at radius 1 is 1.09 bits per heavy atom. The van der Waals surface area contributed by atoms with E-state index in [2.05, 4.69) is 10.6 Å². The minimum atomic E-state index is -0.737. The van der Waals surface area contributed by atoms with E-state index in [1.807, 2.05) is 49.4 Å². The highest BCUT2D eigenvalue weighted by Gasteiger charge is 2.27. The molecule has 0 aliphatic carbocycles. The first-order valence-electron chi connectivity index (χ1n) is 11.1. The van der Waals surface area contributed by atoms with Gasteiger partial charge in [-0.1, -0.05) is 48.0 Å². The van der Waals surface area contributed by atoms with Gasteiger partial charge in [0.25, 0.3) is 5.91 Å². The van der Waals surface area contributed by atoms with E-state index in [-0.39, 0.29) is 24.1 Å². The molecule has 0 aromatic heterocycles. The quantitative estimate of drug-likeness (QED) is 0.750. The van der Waals surface area contributed by atoms with Gasteiger partial charge in [0.1, 0.15) is 6.04 Å². The second-order valence-corrected chi connectivity index (χ2v) is 7.98. The molecule has 0 bridgehead atoms. The molecule has 3 rings (SSSR count).